The fourth-order valence-corrected chi connectivity index (χ4v) is 1.83. The Morgan fingerprint density at radius 1 is 1.21 bits per heavy atom. The van der Waals surface area contributed by atoms with Crippen LogP contribution in [0.5, 0.6) is 0 Å². The summed E-state index contributed by atoms with van der Waals surface area (Å²) in [6, 6.07) is -0.677. The van der Waals surface area contributed by atoms with Crippen LogP contribution in [0.3, 0.4) is 0 Å². The molecule has 1 rings (SSSR count). The third-order valence-electron chi connectivity index (χ3n) is 2.79. The molecule has 19 heavy (non-hydrogen) atoms. The number of nitrogens with zero attached hydrogens (tertiary/aromatic N) is 1. The first-order valence-electron chi connectivity index (χ1n) is 6.03. The molecule has 8 heteroatoms. The van der Waals surface area contributed by atoms with Gasteiger partial charge in [0.1, 0.15) is 13.1 Å². The maximum atomic E-state index is 11.6. The summed E-state index contributed by atoms with van der Waals surface area (Å²) in [6.45, 7) is 0.505. The number of carboxylic acids is 2. The van der Waals surface area contributed by atoms with Crippen molar-refractivity contribution in [1.29, 1.82) is 0 Å². The number of ether oxygens (including phenoxy) is 1. The summed E-state index contributed by atoms with van der Waals surface area (Å²) in [5, 5.41) is 19.8. The topological polar surface area (TPSA) is 116 Å². The summed E-state index contributed by atoms with van der Waals surface area (Å²) in [5.74, 6) is -2.10. The van der Waals surface area contributed by atoms with Crippen LogP contribution in [0.1, 0.15) is 12.8 Å². The lowest BCUT2D eigenvalue weighted by molar-refractivity contribution is -0.140. The van der Waals surface area contributed by atoms with Gasteiger partial charge in [-0.25, -0.2) is 4.79 Å². The molecule has 0 aliphatic carbocycles. The molecule has 1 atom stereocenters. The van der Waals surface area contributed by atoms with E-state index in [0.29, 0.717) is 19.1 Å². The molecule has 0 spiro atoms. The lowest BCUT2D eigenvalue weighted by Crippen LogP contribution is -2.45. The minimum Gasteiger partial charge on any atom is -0.480 e. The third kappa shape index (κ3) is 6.05. The van der Waals surface area contributed by atoms with Crippen molar-refractivity contribution in [3.05, 3.63) is 0 Å². The van der Waals surface area contributed by atoms with Crippen molar-refractivity contribution in [3.8, 4) is 0 Å². The molecule has 0 aromatic rings. The quantitative estimate of drug-likeness (QED) is 0.581. The van der Waals surface area contributed by atoms with Gasteiger partial charge in [0, 0.05) is 19.8 Å². The smallest absolute Gasteiger partial charge is 0.323 e. The fourth-order valence-electron chi connectivity index (χ4n) is 1.83. The highest BCUT2D eigenvalue weighted by molar-refractivity contribution is 5.84. The Bertz CT molecular complexity index is 324. The first kappa shape index (κ1) is 15.2. The Morgan fingerprint density at radius 3 is 2.32 bits per heavy atom. The van der Waals surface area contributed by atoms with Crippen molar-refractivity contribution in [2.75, 3.05) is 32.8 Å². The van der Waals surface area contributed by atoms with Crippen molar-refractivity contribution >= 4 is 18.0 Å². The zero-order valence-corrected chi connectivity index (χ0v) is 10.5. The second-order valence-electron chi connectivity index (χ2n) is 4.39. The molecule has 2 amide bonds. The zero-order chi connectivity index (χ0) is 14.3. The van der Waals surface area contributed by atoms with Crippen LogP contribution in [0.2, 0.25) is 0 Å². The number of hydrogen-bond donors (Lipinski definition) is 3. The standard InChI is InChI=1S/C11H18N2O6/c14-9(15)5-13(6-10(16)17)11(18)12-3-1-8-2-4-19-7-8/h8H,1-7H2,(H,12,18)(H,14,15)(H,16,17). The number of rotatable bonds is 7. The van der Waals surface area contributed by atoms with E-state index in [1.54, 1.807) is 0 Å². The SMILES string of the molecule is O=C(O)CN(CC(=O)O)C(=O)NCCC1CCOC1. The molecule has 1 unspecified atom stereocenters. The van der Waals surface area contributed by atoms with Crippen LogP contribution in [0, 0.1) is 5.92 Å². The third-order valence-corrected chi connectivity index (χ3v) is 2.79. The number of amides is 2. The lowest BCUT2D eigenvalue weighted by atomic mass is 10.1. The van der Waals surface area contributed by atoms with Crippen molar-refractivity contribution < 1.29 is 29.3 Å². The van der Waals surface area contributed by atoms with Gasteiger partial charge in [-0.3, -0.25) is 9.59 Å². The van der Waals surface area contributed by atoms with Gasteiger partial charge < -0.3 is 25.2 Å². The number of hydrogen-bond acceptors (Lipinski definition) is 4. The molecule has 108 valence electrons. The largest absolute Gasteiger partial charge is 0.480 e. The van der Waals surface area contributed by atoms with Gasteiger partial charge in [0.15, 0.2) is 0 Å². The molecule has 0 bridgehead atoms. The first-order valence-corrected chi connectivity index (χ1v) is 6.03. The number of carbonyl (C=O) groups excluding carboxylic acids is 1. The molecule has 0 aromatic heterocycles. The second-order valence-corrected chi connectivity index (χ2v) is 4.39. The maximum Gasteiger partial charge on any atom is 0.323 e. The van der Waals surface area contributed by atoms with Crippen molar-refractivity contribution in [2.24, 2.45) is 5.92 Å². The minimum atomic E-state index is -1.25. The van der Waals surface area contributed by atoms with Gasteiger partial charge in [0.05, 0.1) is 0 Å². The number of nitrogens with one attached hydrogen (secondary N) is 1. The van der Waals surface area contributed by atoms with E-state index >= 15 is 0 Å². The van der Waals surface area contributed by atoms with Crippen LogP contribution in [-0.2, 0) is 14.3 Å². The summed E-state index contributed by atoms with van der Waals surface area (Å²) in [4.78, 5) is 33.5. The predicted octanol–water partition coefficient (Wildman–Crippen LogP) is -0.406. The normalized spacial score (nSPS) is 18.0. The van der Waals surface area contributed by atoms with E-state index in [0.717, 1.165) is 24.3 Å². The molecular weight excluding hydrogens is 256 g/mol. The maximum absolute atomic E-state index is 11.6. The molecule has 1 fully saturated rings. The Balaban J connectivity index is 2.33. The van der Waals surface area contributed by atoms with Crippen LogP contribution in [0.15, 0.2) is 0 Å². The van der Waals surface area contributed by atoms with E-state index in [-0.39, 0.29) is 0 Å². The Kier molecular flexibility index (Phi) is 6.07. The van der Waals surface area contributed by atoms with Gasteiger partial charge in [0.25, 0.3) is 0 Å². The van der Waals surface area contributed by atoms with Crippen molar-refractivity contribution in [1.82, 2.24) is 10.2 Å². The average Bonchev–Trinajstić information content (AvgIpc) is 2.79. The monoisotopic (exact) mass is 274 g/mol. The molecule has 1 heterocycles. The molecule has 1 aliphatic heterocycles. The van der Waals surface area contributed by atoms with Crippen LogP contribution >= 0.6 is 0 Å². The zero-order valence-electron chi connectivity index (χ0n) is 10.5. The molecule has 1 saturated heterocycles. The Morgan fingerprint density at radius 2 is 1.84 bits per heavy atom. The van der Waals surface area contributed by atoms with E-state index in [1.165, 1.54) is 0 Å². The highest BCUT2D eigenvalue weighted by Gasteiger charge is 2.20. The van der Waals surface area contributed by atoms with E-state index in [1.807, 2.05) is 0 Å². The fraction of sp³-hybridized carbons (Fsp3) is 0.727. The molecule has 8 nitrogen and oxygen atoms in total. The van der Waals surface area contributed by atoms with E-state index in [2.05, 4.69) is 5.32 Å². The molecule has 1 aliphatic rings. The highest BCUT2D eigenvalue weighted by atomic mass is 16.5. The van der Waals surface area contributed by atoms with Crippen molar-refractivity contribution in [3.63, 3.8) is 0 Å². The number of carbonyl (C=O) groups is 3. The predicted molar refractivity (Wildman–Crippen MR) is 63.8 cm³/mol. The number of carboxylic acid groups (broad SMARTS) is 2. The van der Waals surface area contributed by atoms with Crippen molar-refractivity contribution in [2.45, 2.75) is 12.8 Å². The molecule has 0 saturated carbocycles. The Labute approximate surface area is 110 Å². The summed E-state index contributed by atoms with van der Waals surface area (Å²) in [6.07, 6.45) is 1.68. The summed E-state index contributed by atoms with van der Waals surface area (Å²) in [5.41, 5.74) is 0. The second kappa shape index (κ2) is 7.57. The van der Waals surface area contributed by atoms with Gasteiger partial charge in [-0.15, -0.1) is 0 Å². The van der Waals surface area contributed by atoms with Gasteiger partial charge in [-0.2, -0.15) is 0 Å². The van der Waals surface area contributed by atoms with Crippen LogP contribution in [0.4, 0.5) is 4.79 Å². The van der Waals surface area contributed by atoms with Gasteiger partial charge in [0.2, 0.25) is 0 Å². The molecule has 3 N–H and O–H groups in total. The van der Waals surface area contributed by atoms with Crippen LogP contribution in [-0.4, -0.2) is 65.9 Å². The molecule has 0 aromatic carbocycles. The first-order chi connectivity index (χ1) is 8.99. The van der Waals surface area contributed by atoms with E-state index in [9.17, 15) is 14.4 Å². The summed E-state index contributed by atoms with van der Waals surface area (Å²) in [7, 11) is 0. The van der Waals surface area contributed by atoms with Gasteiger partial charge in [-0.05, 0) is 18.8 Å². The average molecular weight is 274 g/mol. The van der Waals surface area contributed by atoms with Crippen LogP contribution < -0.4 is 5.32 Å². The molecule has 0 radical (unpaired) electrons. The number of urea groups is 1. The minimum absolute atomic E-state index is 0.378. The summed E-state index contributed by atoms with van der Waals surface area (Å²) >= 11 is 0. The highest BCUT2D eigenvalue weighted by Crippen LogP contribution is 2.15. The van der Waals surface area contributed by atoms with Gasteiger partial charge in [-0.1, -0.05) is 0 Å². The lowest BCUT2D eigenvalue weighted by Gasteiger charge is -2.19. The van der Waals surface area contributed by atoms with E-state index in [4.69, 9.17) is 14.9 Å². The van der Waals surface area contributed by atoms with Gasteiger partial charge >= 0.3 is 18.0 Å². The van der Waals surface area contributed by atoms with E-state index < -0.39 is 31.1 Å². The number of aliphatic carboxylic acids is 2. The Hall–Kier alpha value is -1.83. The van der Waals surface area contributed by atoms with Crippen LogP contribution in [0.25, 0.3) is 0 Å². The molecular formula is C11H18N2O6. The summed E-state index contributed by atoms with van der Waals surface area (Å²) < 4.78 is 5.19.